The second-order valence-corrected chi connectivity index (χ2v) is 7.45. The number of halogens is 1. The Labute approximate surface area is 147 Å². The number of nitrogens with zero attached hydrogens (tertiary/aromatic N) is 1. The maximum Gasteiger partial charge on any atom is 0.325 e. The van der Waals surface area contributed by atoms with Crippen LogP contribution in [0.2, 0.25) is 5.02 Å². The smallest absolute Gasteiger partial charge is 0.325 e. The number of hydrogen-bond acceptors (Lipinski definition) is 3. The molecule has 130 valence electrons. The molecule has 2 N–H and O–H groups in total. The molecule has 2 aliphatic rings. The van der Waals surface area contributed by atoms with Gasteiger partial charge in [0, 0.05) is 5.02 Å². The fraction of sp³-hybridized carbons (Fsp3) is 0.556. The van der Waals surface area contributed by atoms with E-state index in [0.717, 1.165) is 24.2 Å². The van der Waals surface area contributed by atoms with Crippen molar-refractivity contribution in [1.82, 2.24) is 10.2 Å². The molecule has 3 rings (SSSR count). The van der Waals surface area contributed by atoms with Gasteiger partial charge in [-0.15, -0.1) is 0 Å². The highest BCUT2D eigenvalue weighted by atomic mass is 35.5. The van der Waals surface area contributed by atoms with Crippen LogP contribution in [-0.4, -0.2) is 34.0 Å². The number of carbonyl (C=O) groups excluding carboxylic acids is 2. The van der Waals surface area contributed by atoms with Crippen molar-refractivity contribution in [3.05, 3.63) is 34.9 Å². The summed E-state index contributed by atoms with van der Waals surface area (Å²) < 4.78 is 0. The van der Waals surface area contributed by atoms with Crippen LogP contribution < -0.4 is 5.32 Å². The summed E-state index contributed by atoms with van der Waals surface area (Å²) in [5.41, 5.74) is -0.194. The Morgan fingerprint density at radius 1 is 1.25 bits per heavy atom. The zero-order valence-electron chi connectivity index (χ0n) is 14.0. The molecule has 3 unspecified atom stereocenters. The molecule has 0 radical (unpaired) electrons. The van der Waals surface area contributed by atoms with Gasteiger partial charge in [-0.1, -0.05) is 44.0 Å². The van der Waals surface area contributed by atoms with Crippen molar-refractivity contribution in [2.75, 3.05) is 6.54 Å². The molecule has 1 heterocycles. The number of carbonyl (C=O) groups is 2. The van der Waals surface area contributed by atoms with E-state index in [2.05, 4.69) is 5.32 Å². The van der Waals surface area contributed by atoms with Crippen LogP contribution in [-0.2, 0) is 4.79 Å². The van der Waals surface area contributed by atoms with Crippen LogP contribution in [0.15, 0.2) is 24.3 Å². The standard InChI is InChI=1S/C18H23ClN2O3/c1-11-4-3-5-12(2)18(11)16(23)21(17(24)20-18)10-15(22)13-6-8-14(19)9-7-13/h6-9,11-12,15,22H,3-5,10H2,1-2H3,(H,20,24). The van der Waals surface area contributed by atoms with Gasteiger partial charge in [0.2, 0.25) is 0 Å². The van der Waals surface area contributed by atoms with E-state index in [1.54, 1.807) is 24.3 Å². The summed E-state index contributed by atoms with van der Waals surface area (Å²) in [4.78, 5) is 26.6. The van der Waals surface area contributed by atoms with Crippen LogP contribution in [0.3, 0.4) is 0 Å². The number of amides is 3. The summed E-state index contributed by atoms with van der Waals surface area (Å²) >= 11 is 5.85. The van der Waals surface area contributed by atoms with Gasteiger partial charge in [0.05, 0.1) is 12.6 Å². The Kier molecular flexibility index (Phi) is 4.58. The molecule has 1 saturated carbocycles. The number of urea groups is 1. The first-order chi connectivity index (χ1) is 11.4. The lowest BCUT2D eigenvalue weighted by atomic mass is 9.67. The number of hydrogen-bond donors (Lipinski definition) is 2. The maximum absolute atomic E-state index is 13.0. The molecule has 2 fully saturated rings. The summed E-state index contributed by atoms with van der Waals surface area (Å²) in [5.74, 6) is -0.0223. The molecule has 1 aromatic rings. The van der Waals surface area contributed by atoms with Crippen LogP contribution in [0, 0.1) is 11.8 Å². The summed E-state index contributed by atoms with van der Waals surface area (Å²) in [6.07, 6.45) is 1.98. The zero-order valence-corrected chi connectivity index (χ0v) is 14.7. The second kappa shape index (κ2) is 6.37. The van der Waals surface area contributed by atoms with Gasteiger partial charge in [-0.3, -0.25) is 9.69 Å². The molecule has 1 saturated heterocycles. The first-order valence-corrected chi connectivity index (χ1v) is 8.81. The number of β-amino-alcohol motifs (C(OH)–C–C–N with tert-alkyl or cyclic N) is 1. The van der Waals surface area contributed by atoms with E-state index in [1.807, 2.05) is 13.8 Å². The van der Waals surface area contributed by atoms with Crippen molar-refractivity contribution in [3.63, 3.8) is 0 Å². The summed E-state index contributed by atoms with van der Waals surface area (Å²) in [7, 11) is 0. The second-order valence-electron chi connectivity index (χ2n) is 7.02. The van der Waals surface area contributed by atoms with Crippen molar-refractivity contribution in [2.45, 2.75) is 44.8 Å². The van der Waals surface area contributed by atoms with E-state index in [9.17, 15) is 14.7 Å². The van der Waals surface area contributed by atoms with Gasteiger partial charge in [-0.2, -0.15) is 0 Å². The van der Waals surface area contributed by atoms with Crippen molar-refractivity contribution in [3.8, 4) is 0 Å². The Morgan fingerprint density at radius 3 is 2.42 bits per heavy atom. The fourth-order valence-electron chi connectivity index (χ4n) is 4.08. The summed E-state index contributed by atoms with van der Waals surface area (Å²) in [6, 6.07) is 6.35. The van der Waals surface area contributed by atoms with E-state index >= 15 is 0 Å². The van der Waals surface area contributed by atoms with Gasteiger partial charge in [0.25, 0.3) is 5.91 Å². The molecule has 3 atom stereocenters. The number of aliphatic hydroxyl groups is 1. The Hall–Kier alpha value is -1.59. The minimum absolute atomic E-state index is 0.0481. The average molecular weight is 351 g/mol. The number of aliphatic hydroxyl groups excluding tert-OH is 1. The first-order valence-electron chi connectivity index (χ1n) is 8.44. The van der Waals surface area contributed by atoms with E-state index in [0.29, 0.717) is 10.6 Å². The molecule has 1 aliphatic heterocycles. The Morgan fingerprint density at radius 2 is 1.83 bits per heavy atom. The maximum atomic E-state index is 13.0. The third-order valence-electron chi connectivity index (χ3n) is 5.60. The molecular formula is C18H23ClN2O3. The molecule has 24 heavy (non-hydrogen) atoms. The third-order valence-corrected chi connectivity index (χ3v) is 5.85. The van der Waals surface area contributed by atoms with Crippen molar-refractivity contribution in [2.24, 2.45) is 11.8 Å². The van der Waals surface area contributed by atoms with Gasteiger partial charge in [-0.05, 0) is 42.4 Å². The highest BCUT2D eigenvalue weighted by molar-refractivity contribution is 6.30. The van der Waals surface area contributed by atoms with Crippen molar-refractivity contribution < 1.29 is 14.7 Å². The molecule has 0 bridgehead atoms. The lowest BCUT2D eigenvalue weighted by Crippen LogP contribution is -2.58. The molecule has 1 aliphatic carbocycles. The number of nitrogens with one attached hydrogen (secondary N) is 1. The lowest BCUT2D eigenvalue weighted by molar-refractivity contribution is -0.137. The van der Waals surface area contributed by atoms with E-state index in [1.165, 1.54) is 0 Å². The van der Waals surface area contributed by atoms with Gasteiger partial charge in [-0.25, -0.2) is 4.79 Å². The minimum Gasteiger partial charge on any atom is -0.387 e. The van der Waals surface area contributed by atoms with Crippen molar-refractivity contribution >= 4 is 23.5 Å². The topological polar surface area (TPSA) is 69.6 Å². The van der Waals surface area contributed by atoms with Crippen LogP contribution in [0.1, 0.15) is 44.8 Å². The van der Waals surface area contributed by atoms with Crippen LogP contribution in [0.5, 0.6) is 0 Å². The van der Waals surface area contributed by atoms with Crippen LogP contribution in [0.25, 0.3) is 0 Å². The lowest BCUT2D eigenvalue weighted by Gasteiger charge is -2.42. The molecule has 0 aromatic heterocycles. The zero-order chi connectivity index (χ0) is 17.5. The van der Waals surface area contributed by atoms with Gasteiger partial charge in [0.15, 0.2) is 0 Å². The largest absolute Gasteiger partial charge is 0.387 e. The van der Waals surface area contributed by atoms with E-state index in [4.69, 9.17) is 11.6 Å². The number of rotatable bonds is 3. The molecule has 6 heteroatoms. The minimum atomic E-state index is -0.929. The molecule has 1 aromatic carbocycles. The predicted octanol–water partition coefficient (Wildman–Crippen LogP) is 3.12. The van der Waals surface area contributed by atoms with Gasteiger partial charge in [0.1, 0.15) is 5.54 Å². The summed E-state index contributed by atoms with van der Waals surface area (Å²) in [5, 5.41) is 13.9. The average Bonchev–Trinajstić information content (AvgIpc) is 2.79. The SMILES string of the molecule is CC1CCCC(C)C12NC(=O)N(CC(O)c1ccc(Cl)cc1)C2=O. The Balaban J connectivity index is 1.80. The highest BCUT2D eigenvalue weighted by Crippen LogP contribution is 2.42. The normalized spacial score (nSPS) is 31.4. The molecular weight excluding hydrogens is 328 g/mol. The van der Waals surface area contributed by atoms with E-state index in [-0.39, 0.29) is 24.3 Å². The quantitative estimate of drug-likeness (QED) is 0.823. The fourth-order valence-corrected chi connectivity index (χ4v) is 4.21. The highest BCUT2D eigenvalue weighted by Gasteiger charge is 2.58. The summed E-state index contributed by atoms with van der Waals surface area (Å²) in [6.45, 7) is 3.99. The number of benzene rings is 1. The third kappa shape index (κ3) is 2.70. The predicted molar refractivity (Wildman–Crippen MR) is 91.6 cm³/mol. The van der Waals surface area contributed by atoms with Crippen molar-refractivity contribution in [1.29, 1.82) is 0 Å². The van der Waals surface area contributed by atoms with Gasteiger partial charge < -0.3 is 10.4 Å². The molecule has 1 spiro atoms. The van der Waals surface area contributed by atoms with Crippen LogP contribution in [0.4, 0.5) is 4.79 Å². The number of imide groups is 1. The molecule has 3 amide bonds. The monoisotopic (exact) mass is 350 g/mol. The van der Waals surface area contributed by atoms with Gasteiger partial charge >= 0.3 is 6.03 Å². The van der Waals surface area contributed by atoms with Crippen LogP contribution >= 0.6 is 11.6 Å². The first kappa shape index (κ1) is 17.2. The van der Waals surface area contributed by atoms with E-state index < -0.39 is 17.7 Å². The Bertz CT molecular complexity index is 636. The molecule has 5 nitrogen and oxygen atoms in total.